The Bertz CT molecular complexity index is 1210. The van der Waals surface area contributed by atoms with Gasteiger partial charge in [0.1, 0.15) is 18.0 Å². The first kappa shape index (κ1) is 24.3. The number of nitrogens with one attached hydrogen (secondary N) is 1. The van der Waals surface area contributed by atoms with Crippen molar-refractivity contribution < 1.29 is 23.8 Å². The summed E-state index contributed by atoms with van der Waals surface area (Å²) in [7, 11) is 0. The van der Waals surface area contributed by atoms with E-state index in [0.717, 1.165) is 5.56 Å². The van der Waals surface area contributed by atoms with Crippen LogP contribution in [-0.2, 0) is 16.1 Å². The molecule has 0 saturated heterocycles. The molecule has 0 aliphatic carbocycles. The third kappa shape index (κ3) is 5.65. The summed E-state index contributed by atoms with van der Waals surface area (Å²) in [4.78, 5) is 31.2. The van der Waals surface area contributed by atoms with Gasteiger partial charge < -0.3 is 24.1 Å². The largest absolute Gasteiger partial charge is 0.485 e. The fourth-order valence-corrected chi connectivity index (χ4v) is 3.80. The predicted molar refractivity (Wildman–Crippen MR) is 132 cm³/mol. The van der Waals surface area contributed by atoms with E-state index in [1.165, 1.54) is 0 Å². The van der Waals surface area contributed by atoms with Crippen molar-refractivity contribution in [1.82, 2.24) is 9.55 Å². The number of hydrogen-bond acceptors (Lipinski definition) is 6. The molecule has 2 heterocycles. The smallest absolute Gasteiger partial charge is 0.359 e. The summed E-state index contributed by atoms with van der Waals surface area (Å²) in [5.74, 6) is 0.858. The molecule has 0 fully saturated rings. The van der Waals surface area contributed by atoms with Gasteiger partial charge in [0.2, 0.25) is 6.10 Å². The van der Waals surface area contributed by atoms with Gasteiger partial charge in [-0.2, -0.15) is 0 Å². The topological polar surface area (TPSA) is 91.7 Å². The lowest BCUT2D eigenvalue weighted by Gasteiger charge is -2.25. The van der Waals surface area contributed by atoms with Gasteiger partial charge in [-0.25, -0.2) is 9.78 Å². The summed E-state index contributed by atoms with van der Waals surface area (Å²) >= 11 is 0. The lowest BCUT2D eigenvalue weighted by atomic mass is 10.1. The molecule has 1 aliphatic rings. The predicted octanol–water partition coefficient (Wildman–Crippen LogP) is 4.79. The number of hydrogen-bond donors (Lipinski definition) is 1. The van der Waals surface area contributed by atoms with Crippen molar-refractivity contribution in [2.45, 2.75) is 58.8 Å². The highest BCUT2D eigenvalue weighted by atomic mass is 16.6. The third-order valence-electron chi connectivity index (χ3n) is 5.33. The van der Waals surface area contributed by atoms with Crippen LogP contribution in [0.15, 0.2) is 54.6 Å². The molecule has 1 unspecified atom stereocenters. The van der Waals surface area contributed by atoms with Crippen molar-refractivity contribution in [2.75, 3.05) is 11.9 Å². The number of para-hydroxylation sites is 2. The molecule has 184 valence electrons. The van der Waals surface area contributed by atoms with E-state index in [1.807, 2.05) is 60.9 Å². The molecule has 35 heavy (non-hydrogen) atoms. The molecular weight excluding hydrogens is 446 g/mol. The molecule has 8 heteroatoms. The number of nitrogens with zero attached hydrogens (tertiary/aromatic N) is 2. The molecule has 0 bridgehead atoms. The number of anilines is 1. The summed E-state index contributed by atoms with van der Waals surface area (Å²) in [5, 5.41) is 2.80. The number of rotatable bonds is 6. The Hall–Kier alpha value is -3.81. The van der Waals surface area contributed by atoms with Crippen molar-refractivity contribution in [2.24, 2.45) is 0 Å². The quantitative estimate of drug-likeness (QED) is 0.514. The van der Waals surface area contributed by atoms with E-state index in [1.54, 1.807) is 32.9 Å². The summed E-state index contributed by atoms with van der Waals surface area (Å²) in [6.07, 6.45) is -0.891. The van der Waals surface area contributed by atoms with E-state index in [2.05, 4.69) is 10.3 Å². The van der Waals surface area contributed by atoms with E-state index >= 15 is 0 Å². The molecule has 2 aromatic carbocycles. The molecule has 1 aromatic heterocycles. The molecule has 0 spiro atoms. The number of ether oxygens (including phenoxy) is 3. The second-order valence-electron chi connectivity index (χ2n) is 9.75. The Morgan fingerprint density at radius 3 is 2.40 bits per heavy atom. The van der Waals surface area contributed by atoms with Crippen LogP contribution in [-0.4, -0.2) is 39.7 Å². The summed E-state index contributed by atoms with van der Waals surface area (Å²) in [6, 6.07) is 16.9. The molecule has 3 aromatic rings. The summed E-state index contributed by atoms with van der Waals surface area (Å²) < 4.78 is 19.0. The maximum absolute atomic E-state index is 13.4. The van der Waals surface area contributed by atoms with Crippen LogP contribution in [0.4, 0.5) is 5.82 Å². The molecule has 8 nitrogen and oxygen atoms in total. The molecule has 1 atom stereocenters. The van der Waals surface area contributed by atoms with Crippen LogP contribution in [0.1, 0.15) is 62.4 Å². The lowest BCUT2D eigenvalue weighted by molar-refractivity contribution is -0.125. The molecule has 1 amide bonds. The van der Waals surface area contributed by atoms with Gasteiger partial charge in [-0.15, -0.1) is 0 Å². The van der Waals surface area contributed by atoms with Gasteiger partial charge in [-0.1, -0.05) is 56.3 Å². The first-order chi connectivity index (χ1) is 16.6. The fraction of sp³-hybridized carbons (Fsp3) is 0.370. The van der Waals surface area contributed by atoms with Crippen molar-refractivity contribution in [1.29, 1.82) is 0 Å². The minimum atomic E-state index is -0.891. The zero-order chi connectivity index (χ0) is 25.2. The van der Waals surface area contributed by atoms with Gasteiger partial charge in [-0.3, -0.25) is 4.79 Å². The normalized spacial score (nSPS) is 15.1. The van der Waals surface area contributed by atoms with E-state index in [-0.39, 0.29) is 24.0 Å². The van der Waals surface area contributed by atoms with Gasteiger partial charge in [-0.05, 0) is 38.5 Å². The minimum absolute atomic E-state index is 0.00769. The number of carbonyl (C=O) groups is 2. The maximum Gasteiger partial charge on any atom is 0.359 e. The maximum atomic E-state index is 13.4. The Kier molecular flexibility index (Phi) is 6.82. The zero-order valence-electron chi connectivity index (χ0n) is 20.7. The average molecular weight is 478 g/mol. The average Bonchev–Trinajstić information content (AvgIpc) is 3.16. The van der Waals surface area contributed by atoms with E-state index in [0.29, 0.717) is 23.9 Å². The second kappa shape index (κ2) is 9.82. The number of aromatic nitrogens is 2. The van der Waals surface area contributed by atoms with E-state index in [9.17, 15) is 9.59 Å². The number of carbonyl (C=O) groups excluding carboxylic acids is 2. The number of fused-ring (bicyclic) bond motifs is 1. The molecule has 1 N–H and O–H groups in total. The number of imidazole rings is 1. The standard InChI is InChI=1S/C27H31N3O5/c1-17(2)24-28-23(29-25(31)21-16-33-19-13-9-10-14-20(19)34-21)22(26(32)35-27(3,4)5)30(24)15-18-11-7-6-8-12-18/h6-14,17,21H,15-16H2,1-5H3,(H,29,31). The van der Waals surface area contributed by atoms with Gasteiger partial charge in [0.25, 0.3) is 5.91 Å². The molecule has 1 aliphatic heterocycles. The van der Waals surface area contributed by atoms with Crippen LogP contribution in [0.5, 0.6) is 11.5 Å². The van der Waals surface area contributed by atoms with Gasteiger partial charge in [0.05, 0.1) is 0 Å². The van der Waals surface area contributed by atoms with Crippen molar-refractivity contribution >= 4 is 17.7 Å². The van der Waals surface area contributed by atoms with Crippen molar-refractivity contribution in [3.05, 3.63) is 71.7 Å². The highest BCUT2D eigenvalue weighted by molar-refractivity contribution is 6.01. The first-order valence-corrected chi connectivity index (χ1v) is 11.7. The fourth-order valence-electron chi connectivity index (χ4n) is 3.80. The monoisotopic (exact) mass is 477 g/mol. The van der Waals surface area contributed by atoms with E-state index in [4.69, 9.17) is 14.2 Å². The first-order valence-electron chi connectivity index (χ1n) is 11.7. The highest BCUT2D eigenvalue weighted by Crippen LogP contribution is 2.32. The number of amides is 1. The Labute approximate surface area is 205 Å². The van der Waals surface area contributed by atoms with Crippen LogP contribution in [0.3, 0.4) is 0 Å². The number of benzene rings is 2. The van der Waals surface area contributed by atoms with Crippen LogP contribution in [0.2, 0.25) is 0 Å². The van der Waals surface area contributed by atoms with Gasteiger partial charge >= 0.3 is 5.97 Å². The zero-order valence-corrected chi connectivity index (χ0v) is 20.7. The lowest BCUT2D eigenvalue weighted by Crippen LogP contribution is -2.40. The Morgan fingerprint density at radius 1 is 1.09 bits per heavy atom. The molecule has 0 saturated carbocycles. The minimum Gasteiger partial charge on any atom is -0.485 e. The second-order valence-corrected chi connectivity index (χ2v) is 9.75. The molecular formula is C27H31N3O5. The van der Waals surface area contributed by atoms with E-state index < -0.39 is 23.6 Å². The van der Waals surface area contributed by atoms with Gasteiger partial charge in [0.15, 0.2) is 23.0 Å². The van der Waals surface area contributed by atoms with Crippen LogP contribution < -0.4 is 14.8 Å². The molecule has 0 radical (unpaired) electrons. The third-order valence-corrected chi connectivity index (χ3v) is 5.33. The van der Waals surface area contributed by atoms with Crippen LogP contribution in [0, 0.1) is 0 Å². The van der Waals surface area contributed by atoms with Crippen LogP contribution >= 0.6 is 0 Å². The summed E-state index contributed by atoms with van der Waals surface area (Å²) in [6.45, 7) is 9.83. The molecule has 4 rings (SSSR count). The van der Waals surface area contributed by atoms with Crippen molar-refractivity contribution in [3.8, 4) is 11.5 Å². The number of esters is 1. The van der Waals surface area contributed by atoms with Crippen molar-refractivity contribution in [3.63, 3.8) is 0 Å². The SMILES string of the molecule is CC(C)c1nc(NC(=O)C2COc3ccccc3O2)c(C(=O)OC(C)(C)C)n1Cc1ccccc1. The highest BCUT2D eigenvalue weighted by Gasteiger charge is 2.33. The van der Waals surface area contributed by atoms with Gasteiger partial charge in [0, 0.05) is 12.5 Å². The Morgan fingerprint density at radius 2 is 1.74 bits per heavy atom. The van der Waals surface area contributed by atoms with Crippen LogP contribution in [0.25, 0.3) is 0 Å². The Balaban J connectivity index is 1.69. The summed E-state index contributed by atoms with van der Waals surface area (Å²) in [5.41, 5.74) is 0.468.